The van der Waals surface area contributed by atoms with E-state index in [-0.39, 0.29) is 23.9 Å². The van der Waals surface area contributed by atoms with Gasteiger partial charge in [-0.05, 0) is 67.1 Å². The number of aromatic nitrogens is 3. The number of pyridine rings is 2. The maximum atomic E-state index is 14.6. The number of imidazole rings is 1. The van der Waals surface area contributed by atoms with E-state index in [1.54, 1.807) is 12.1 Å². The zero-order valence-electron chi connectivity index (χ0n) is 18.5. The van der Waals surface area contributed by atoms with Gasteiger partial charge in [0, 0.05) is 37.6 Å². The fraction of sp³-hybridized carbons (Fsp3) is 0.458. The largest absolute Gasteiger partial charge is 0.489 e. The van der Waals surface area contributed by atoms with Crippen molar-refractivity contribution in [2.24, 2.45) is 5.73 Å². The van der Waals surface area contributed by atoms with Gasteiger partial charge in [-0.2, -0.15) is 0 Å². The molecule has 2 N–H and O–H groups in total. The first kappa shape index (κ1) is 23.6. The van der Waals surface area contributed by atoms with Crippen LogP contribution in [0.5, 0.6) is 5.75 Å². The summed E-state index contributed by atoms with van der Waals surface area (Å²) in [6.07, 6.45) is 6.23. The summed E-state index contributed by atoms with van der Waals surface area (Å²) in [7, 11) is 0. The number of carbonyl (C=O) groups is 1. The van der Waals surface area contributed by atoms with Gasteiger partial charge in [-0.3, -0.25) is 4.79 Å². The second-order valence-corrected chi connectivity index (χ2v) is 9.30. The Bertz CT molecular complexity index is 1120. The van der Waals surface area contributed by atoms with Gasteiger partial charge in [0.1, 0.15) is 23.3 Å². The number of halogens is 2. The monoisotopic (exact) mass is 518 g/mol. The standard InChI is InChI=1S/C24H28BrFN4O3/c1-15(4-2-5-18(26)19-6-3-7-20(28-19)24(27)31)33-22-12-23-29-21(14-30(23)13-17(22)25)16-8-10-32-11-9-16/h3,6-7,12-16,18H,2,4-5,8-11H2,1H3,(H2,27,31). The summed E-state index contributed by atoms with van der Waals surface area (Å²) in [5.74, 6) is 0.477. The van der Waals surface area contributed by atoms with Crippen molar-refractivity contribution in [1.82, 2.24) is 14.4 Å². The summed E-state index contributed by atoms with van der Waals surface area (Å²) in [6.45, 7) is 3.52. The van der Waals surface area contributed by atoms with E-state index in [0.29, 0.717) is 24.5 Å². The summed E-state index contributed by atoms with van der Waals surface area (Å²) in [5.41, 5.74) is 7.45. The quantitative estimate of drug-likeness (QED) is 0.423. The number of rotatable bonds is 9. The predicted octanol–water partition coefficient (Wildman–Crippen LogP) is 5.13. The number of ether oxygens (including phenoxy) is 2. The van der Waals surface area contributed by atoms with Crippen LogP contribution in [0.25, 0.3) is 5.65 Å². The Morgan fingerprint density at radius 1 is 1.30 bits per heavy atom. The summed E-state index contributed by atoms with van der Waals surface area (Å²) in [5, 5.41) is 0. The molecule has 1 aliphatic heterocycles. The topological polar surface area (TPSA) is 91.7 Å². The minimum atomic E-state index is -1.26. The van der Waals surface area contributed by atoms with Crippen molar-refractivity contribution in [2.75, 3.05) is 13.2 Å². The van der Waals surface area contributed by atoms with Gasteiger partial charge in [-0.25, -0.2) is 14.4 Å². The SMILES string of the molecule is CC(CCCC(F)c1cccc(C(N)=O)n1)Oc1cc2nc(C3CCOCC3)cn2cc1Br. The van der Waals surface area contributed by atoms with Crippen LogP contribution in [0.4, 0.5) is 4.39 Å². The van der Waals surface area contributed by atoms with Crippen molar-refractivity contribution in [3.05, 3.63) is 58.2 Å². The van der Waals surface area contributed by atoms with E-state index in [1.165, 1.54) is 6.07 Å². The van der Waals surface area contributed by atoms with Crippen molar-refractivity contribution in [2.45, 2.75) is 57.2 Å². The van der Waals surface area contributed by atoms with Crippen LogP contribution in [0.15, 0.2) is 41.1 Å². The number of hydrogen-bond acceptors (Lipinski definition) is 5. The van der Waals surface area contributed by atoms with Gasteiger partial charge in [0.15, 0.2) is 0 Å². The summed E-state index contributed by atoms with van der Waals surface area (Å²) in [4.78, 5) is 20.1. The third kappa shape index (κ3) is 5.89. The number of alkyl halides is 1. The molecule has 9 heteroatoms. The lowest BCUT2D eigenvalue weighted by Gasteiger charge is -2.19. The maximum absolute atomic E-state index is 14.6. The number of fused-ring (bicyclic) bond motifs is 1. The van der Waals surface area contributed by atoms with Gasteiger partial charge in [-0.15, -0.1) is 0 Å². The molecule has 4 rings (SSSR count). The maximum Gasteiger partial charge on any atom is 0.267 e. The van der Waals surface area contributed by atoms with Crippen molar-refractivity contribution in [3.63, 3.8) is 0 Å². The van der Waals surface area contributed by atoms with Gasteiger partial charge in [0.25, 0.3) is 5.91 Å². The number of primary amides is 1. The highest BCUT2D eigenvalue weighted by Gasteiger charge is 2.20. The first-order valence-corrected chi connectivity index (χ1v) is 12.0. The lowest BCUT2D eigenvalue weighted by Crippen LogP contribution is -2.14. The van der Waals surface area contributed by atoms with Crippen LogP contribution in [0.2, 0.25) is 0 Å². The molecule has 0 radical (unpaired) electrons. The van der Waals surface area contributed by atoms with Crippen molar-refractivity contribution in [3.8, 4) is 5.75 Å². The van der Waals surface area contributed by atoms with Crippen LogP contribution in [0.3, 0.4) is 0 Å². The Morgan fingerprint density at radius 2 is 2.09 bits per heavy atom. The second kappa shape index (κ2) is 10.6. The van der Waals surface area contributed by atoms with Crippen LogP contribution < -0.4 is 10.5 Å². The Balaban J connectivity index is 1.33. The summed E-state index contributed by atoms with van der Waals surface area (Å²) in [6, 6.07) is 6.58. The van der Waals surface area contributed by atoms with Gasteiger partial charge >= 0.3 is 0 Å². The zero-order valence-corrected chi connectivity index (χ0v) is 20.1. The molecule has 1 saturated heterocycles. The fourth-order valence-corrected chi connectivity index (χ4v) is 4.49. The van der Waals surface area contributed by atoms with E-state index >= 15 is 0 Å². The molecule has 7 nitrogen and oxygen atoms in total. The molecule has 1 amide bonds. The molecule has 4 heterocycles. The third-order valence-corrected chi connectivity index (χ3v) is 6.50. The Kier molecular flexibility index (Phi) is 7.60. The fourth-order valence-electron chi connectivity index (χ4n) is 4.06. The molecule has 2 atom stereocenters. The first-order chi connectivity index (χ1) is 15.9. The highest BCUT2D eigenvalue weighted by Crippen LogP contribution is 2.31. The van der Waals surface area contributed by atoms with Crippen LogP contribution in [-0.4, -0.2) is 39.6 Å². The minimum absolute atomic E-state index is 0.0751. The first-order valence-electron chi connectivity index (χ1n) is 11.2. The van der Waals surface area contributed by atoms with E-state index in [1.807, 2.05) is 23.6 Å². The number of carbonyl (C=O) groups excluding carboxylic acids is 1. The molecule has 0 spiro atoms. The van der Waals surface area contributed by atoms with Crippen LogP contribution in [0, 0.1) is 0 Å². The molecule has 3 aromatic rings. The van der Waals surface area contributed by atoms with E-state index in [9.17, 15) is 9.18 Å². The van der Waals surface area contributed by atoms with Gasteiger partial charge < -0.3 is 19.6 Å². The molecule has 1 aliphatic rings. The van der Waals surface area contributed by atoms with Gasteiger partial charge in [-0.1, -0.05) is 6.07 Å². The Morgan fingerprint density at radius 3 is 2.85 bits per heavy atom. The van der Waals surface area contributed by atoms with Crippen molar-refractivity contribution < 1.29 is 18.7 Å². The Labute approximate surface area is 200 Å². The smallest absolute Gasteiger partial charge is 0.267 e. The highest BCUT2D eigenvalue weighted by molar-refractivity contribution is 9.10. The number of hydrogen-bond donors (Lipinski definition) is 1. The molecule has 3 aromatic heterocycles. The van der Waals surface area contributed by atoms with Gasteiger partial charge in [0.2, 0.25) is 0 Å². The Hall–Kier alpha value is -2.52. The van der Waals surface area contributed by atoms with Crippen LogP contribution in [-0.2, 0) is 4.74 Å². The molecule has 33 heavy (non-hydrogen) atoms. The number of nitrogens with two attached hydrogens (primary N) is 1. The molecule has 0 bridgehead atoms. The van der Waals surface area contributed by atoms with Crippen LogP contribution in [0.1, 0.15) is 73.0 Å². The number of nitrogens with zero attached hydrogens (tertiary/aromatic N) is 3. The van der Waals surface area contributed by atoms with Crippen molar-refractivity contribution in [1.29, 1.82) is 0 Å². The molecule has 2 unspecified atom stereocenters. The highest BCUT2D eigenvalue weighted by atomic mass is 79.9. The summed E-state index contributed by atoms with van der Waals surface area (Å²) >= 11 is 3.59. The average Bonchev–Trinajstić information content (AvgIpc) is 3.22. The molecule has 0 aliphatic carbocycles. The molecule has 1 fully saturated rings. The van der Waals surface area contributed by atoms with E-state index in [0.717, 1.165) is 41.9 Å². The predicted molar refractivity (Wildman–Crippen MR) is 126 cm³/mol. The molecule has 0 aromatic carbocycles. The molecule has 176 valence electrons. The van der Waals surface area contributed by atoms with Crippen LogP contribution >= 0.6 is 15.9 Å². The van der Waals surface area contributed by atoms with Gasteiger partial charge in [0.05, 0.1) is 22.0 Å². The minimum Gasteiger partial charge on any atom is -0.489 e. The molecular formula is C24H28BrFN4O3. The zero-order chi connectivity index (χ0) is 23.4. The van der Waals surface area contributed by atoms with E-state index in [4.69, 9.17) is 20.2 Å². The van der Waals surface area contributed by atoms with E-state index < -0.39 is 12.1 Å². The second-order valence-electron chi connectivity index (χ2n) is 8.44. The average molecular weight is 519 g/mol. The summed E-state index contributed by atoms with van der Waals surface area (Å²) < 4.78 is 29.0. The molecule has 0 saturated carbocycles. The van der Waals surface area contributed by atoms with E-state index in [2.05, 4.69) is 27.1 Å². The molecular weight excluding hydrogens is 491 g/mol. The van der Waals surface area contributed by atoms with Crippen molar-refractivity contribution >= 4 is 27.5 Å². The number of amides is 1. The lowest BCUT2D eigenvalue weighted by molar-refractivity contribution is 0.0846. The third-order valence-electron chi connectivity index (χ3n) is 5.91. The normalized spacial score (nSPS) is 16.6. The lowest BCUT2D eigenvalue weighted by atomic mass is 9.97.